The molecule has 4 unspecified atom stereocenters. The maximum Gasteiger partial charge on any atom is 0.260 e. The molecule has 10 heteroatoms. The molecule has 1 aromatic carbocycles. The zero-order valence-corrected chi connectivity index (χ0v) is 16.7. The largest absolute Gasteiger partial charge is 0.462 e. The van der Waals surface area contributed by atoms with Crippen LogP contribution in [0.1, 0.15) is 0 Å². The molecule has 0 radical (unpaired) electrons. The van der Waals surface area contributed by atoms with Crippen molar-refractivity contribution in [3.8, 4) is 22.7 Å². The molecule has 0 amide bonds. The molecule has 3 aromatic heterocycles. The summed E-state index contributed by atoms with van der Waals surface area (Å²) in [6.45, 7) is -0.431. The van der Waals surface area contributed by atoms with E-state index < -0.39 is 31.2 Å². The first-order valence-electron chi connectivity index (χ1n) is 9.96. The normalized spacial score (nSPS) is 23.0. The number of pyridine rings is 1. The summed E-state index contributed by atoms with van der Waals surface area (Å²) in [5, 5.41) is 29.5. The van der Waals surface area contributed by atoms with Gasteiger partial charge in [0, 0.05) is 18.0 Å². The summed E-state index contributed by atoms with van der Waals surface area (Å²) in [4.78, 5) is 23.9. The molecule has 4 heterocycles. The Morgan fingerprint density at radius 1 is 1.09 bits per heavy atom. The Bertz CT molecular complexity index is 1290. The molecule has 10 nitrogen and oxygen atoms in total. The summed E-state index contributed by atoms with van der Waals surface area (Å²) in [5.41, 5.74) is 1.62. The van der Waals surface area contributed by atoms with Gasteiger partial charge in [-0.25, -0.2) is 9.97 Å². The zero-order chi connectivity index (χ0) is 22.2. The summed E-state index contributed by atoms with van der Waals surface area (Å²) in [5.74, 6) is 1.02. The van der Waals surface area contributed by atoms with Crippen molar-refractivity contribution < 1.29 is 24.8 Å². The monoisotopic (exact) mass is 436 g/mol. The van der Waals surface area contributed by atoms with Gasteiger partial charge in [0.1, 0.15) is 29.9 Å². The fourth-order valence-electron chi connectivity index (χ4n) is 3.77. The Balaban J connectivity index is 1.48. The number of nitrogens with zero attached hydrogens (tertiary/aromatic N) is 3. The second-order valence-corrected chi connectivity index (χ2v) is 7.38. The molecule has 4 aromatic rings. The molecule has 0 bridgehead atoms. The van der Waals surface area contributed by atoms with E-state index in [1.807, 2.05) is 18.2 Å². The lowest BCUT2D eigenvalue weighted by Gasteiger charge is -2.17. The quantitative estimate of drug-likeness (QED) is 0.356. The van der Waals surface area contributed by atoms with E-state index in [1.54, 1.807) is 41.2 Å². The van der Waals surface area contributed by atoms with Crippen LogP contribution in [-0.2, 0) is 4.74 Å². The molecular formula is C22H20N4O6. The average molecular weight is 436 g/mol. The van der Waals surface area contributed by atoms with Crippen molar-refractivity contribution in [1.82, 2.24) is 19.5 Å². The summed E-state index contributed by atoms with van der Waals surface area (Å²) >= 11 is 0. The lowest BCUT2D eigenvalue weighted by Crippen LogP contribution is -2.35. The Hall–Kier alpha value is -3.57. The van der Waals surface area contributed by atoms with Gasteiger partial charge in [0.05, 0.1) is 18.3 Å². The van der Waals surface area contributed by atoms with Crippen LogP contribution >= 0.6 is 0 Å². The summed E-state index contributed by atoms with van der Waals surface area (Å²) < 4.78 is 12.7. The van der Waals surface area contributed by atoms with Crippen molar-refractivity contribution in [2.45, 2.75) is 24.6 Å². The van der Waals surface area contributed by atoms with Gasteiger partial charge in [-0.15, -0.1) is 0 Å². The third-order valence-corrected chi connectivity index (χ3v) is 5.40. The number of fused-ring (bicyclic) bond motifs is 1. The number of hydrogen-bond acceptors (Lipinski definition) is 8. The number of ether oxygens (including phenoxy) is 2. The van der Waals surface area contributed by atoms with Crippen LogP contribution in [0.15, 0.2) is 66.0 Å². The number of benzene rings is 1. The molecule has 0 saturated carbocycles. The highest BCUT2D eigenvalue weighted by atomic mass is 16.7. The Labute approximate surface area is 181 Å². The molecule has 1 saturated heterocycles. The second kappa shape index (κ2) is 8.17. The van der Waals surface area contributed by atoms with Crippen molar-refractivity contribution in [3.63, 3.8) is 0 Å². The third-order valence-electron chi connectivity index (χ3n) is 5.40. The van der Waals surface area contributed by atoms with Crippen molar-refractivity contribution in [2.24, 2.45) is 0 Å². The number of nitrogens with one attached hydrogen (secondary N) is 1. The zero-order valence-electron chi connectivity index (χ0n) is 16.7. The van der Waals surface area contributed by atoms with Crippen molar-refractivity contribution in [3.05, 3.63) is 71.5 Å². The van der Waals surface area contributed by atoms with Crippen LogP contribution in [0, 0.1) is 0 Å². The van der Waals surface area contributed by atoms with Gasteiger partial charge in [0.15, 0.2) is 5.65 Å². The van der Waals surface area contributed by atoms with Gasteiger partial charge in [0.25, 0.3) is 5.56 Å². The highest BCUT2D eigenvalue weighted by Gasteiger charge is 2.43. The van der Waals surface area contributed by atoms with Gasteiger partial charge < -0.3 is 29.8 Å². The van der Waals surface area contributed by atoms with Crippen LogP contribution in [0.3, 0.4) is 0 Å². The molecule has 164 valence electrons. The standard InChI is InChI=1S/C22H20N4O6/c27-10-15-18(28)19(29)22(32-15)31-13-6-4-12(5-7-13)14-9-26(16-3-1-2-8-23-16)20-17(14)21(30)25-11-24-20/h1-9,11,15,18-19,22,27-29H,10H2,(H,24,25,30). The van der Waals surface area contributed by atoms with Crippen molar-refractivity contribution in [2.75, 3.05) is 6.61 Å². The van der Waals surface area contributed by atoms with Crippen LogP contribution in [0.4, 0.5) is 0 Å². The van der Waals surface area contributed by atoms with Crippen LogP contribution in [0.25, 0.3) is 28.0 Å². The maximum absolute atomic E-state index is 12.6. The lowest BCUT2D eigenvalue weighted by molar-refractivity contribution is -0.116. The fourth-order valence-corrected chi connectivity index (χ4v) is 3.77. The molecule has 4 N–H and O–H groups in total. The van der Waals surface area contributed by atoms with Crippen LogP contribution in [0.2, 0.25) is 0 Å². The highest BCUT2D eigenvalue weighted by Crippen LogP contribution is 2.31. The molecule has 0 aliphatic carbocycles. The minimum atomic E-state index is -1.28. The minimum absolute atomic E-state index is 0.272. The van der Waals surface area contributed by atoms with Gasteiger partial charge in [-0.1, -0.05) is 18.2 Å². The van der Waals surface area contributed by atoms with E-state index >= 15 is 0 Å². The van der Waals surface area contributed by atoms with E-state index in [0.717, 1.165) is 5.56 Å². The van der Waals surface area contributed by atoms with Crippen LogP contribution in [-0.4, -0.2) is 66.0 Å². The molecule has 1 aliphatic rings. The number of aromatic nitrogens is 4. The molecule has 4 atom stereocenters. The molecule has 32 heavy (non-hydrogen) atoms. The van der Waals surface area contributed by atoms with Crippen molar-refractivity contribution in [1.29, 1.82) is 0 Å². The predicted octanol–water partition coefficient (Wildman–Crippen LogP) is 0.594. The van der Waals surface area contributed by atoms with Gasteiger partial charge in [-0.05, 0) is 29.8 Å². The number of aliphatic hydroxyl groups is 3. The fraction of sp³-hybridized carbons (Fsp3) is 0.227. The summed E-state index contributed by atoms with van der Waals surface area (Å²) in [7, 11) is 0. The first-order chi connectivity index (χ1) is 15.6. The minimum Gasteiger partial charge on any atom is -0.462 e. The van der Waals surface area contributed by atoms with Gasteiger partial charge in [-0.3, -0.25) is 9.36 Å². The topological polar surface area (TPSA) is 143 Å². The number of aromatic amines is 1. The van der Waals surface area contributed by atoms with E-state index in [9.17, 15) is 20.1 Å². The van der Waals surface area contributed by atoms with Crippen LogP contribution in [0.5, 0.6) is 5.75 Å². The van der Waals surface area contributed by atoms with E-state index in [0.29, 0.717) is 28.2 Å². The Morgan fingerprint density at radius 3 is 2.59 bits per heavy atom. The second-order valence-electron chi connectivity index (χ2n) is 7.38. The number of aliphatic hydroxyl groups excluding tert-OH is 3. The SMILES string of the molecule is O=c1[nH]cnc2c1c(-c1ccc(OC3OC(CO)C(O)C3O)cc1)cn2-c1ccccn1. The Kier molecular flexibility index (Phi) is 5.19. The van der Waals surface area contributed by atoms with E-state index in [4.69, 9.17) is 9.47 Å². The molecule has 1 fully saturated rings. The highest BCUT2D eigenvalue weighted by molar-refractivity contribution is 5.94. The van der Waals surface area contributed by atoms with E-state index in [2.05, 4.69) is 15.0 Å². The Morgan fingerprint density at radius 2 is 1.91 bits per heavy atom. The molecule has 0 spiro atoms. The summed E-state index contributed by atoms with van der Waals surface area (Å²) in [6, 6.07) is 12.3. The number of rotatable bonds is 5. The first kappa shape index (κ1) is 20.3. The summed E-state index contributed by atoms with van der Waals surface area (Å²) in [6.07, 6.45) is 0.285. The van der Waals surface area contributed by atoms with Crippen molar-refractivity contribution >= 4 is 11.0 Å². The van der Waals surface area contributed by atoms with Gasteiger partial charge in [0.2, 0.25) is 6.29 Å². The number of H-pyrrole nitrogens is 1. The molecule has 1 aliphatic heterocycles. The van der Waals surface area contributed by atoms with E-state index in [-0.39, 0.29) is 5.56 Å². The number of hydrogen-bond donors (Lipinski definition) is 4. The first-order valence-corrected chi connectivity index (χ1v) is 9.96. The van der Waals surface area contributed by atoms with Crippen LogP contribution < -0.4 is 10.3 Å². The molecule has 5 rings (SSSR count). The predicted molar refractivity (Wildman–Crippen MR) is 113 cm³/mol. The smallest absolute Gasteiger partial charge is 0.260 e. The lowest BCUT2D eigenvalue weighted by atomic mass is 10.1. The van der Waals surface area contributed by atoms with Gasteiger partial charge >= 0.3 is 0 Å². The maximum atomic E-state index is 12.6. The third kappa shape index (κ3) is 3.45. The van der Waals surface area contributed by atoms with Gasteiger partial charge in [-0.2, -0.15) is 0 Å². The van der Waals surface area contributed by atoms with E-state index in [1.165, 1.54) is 6.33 Å². The molecular weight excluding hydrogens is 416 g/mol. The average Bonchev–Trinajstić information content (AvgIpc) is 3.34.